The molecule has 1 amide bonds. The number of carbonyl (C=O) groups excluding carboxylic acids is 1. The molecule has 10 nitrogen and oxygen atoms in total. The number of nitro groups is 1. The Labute approximate surface area is 193 Å². The van der Waals surface area contributed by atoms with Crippen molar-refractivity contribution in [1.82, 2.24) is 24.8 Å². The number of hydrogen-bond acceptors (Lipinski definition) is 7. The lowest BCUT2D eigenvalue weighted by molar-refractivity contribution is -0.385. The largest absolute Gasteiger partial charge is 0.322 e. The number of nitrogens with zero attached hydrogens (tertiary/aromatic N) is 6. The van der Waals surface area contributed by atoms with E-state index in [2.05, 4.69) is 25.6 Å². The number of carbonyl (C=O) groups is 1. The molecule has 2 aromatic carbocycles. The first-order valence-electron chi connectivity index (χ1n) is 10.3. The number of nitrogens with one attached hydrogen (secondary N) is 1. The summed E-state index contributed by atoms with van der Waals surface area (Å²) in [7, 11) is 0. The molecule has 0 atom stereocenters. The van der Waals surface area contributed by atoms with Gasteiger partial charge in [-0.3, -0.25) is 19.9 Å². The van der Waals surface area contributed by atoms with Crippen LogP contribution in [0.5, 0.6) is 0 Å². The minimum absolute atomic E-state index is 0.0230. The Kier molecular flexibility index (Phi) is 5.23. The second-order valence-corrected chi connectivity index (χ2v) is 7.54. The predicted molar refractivity (Wildman–Crippen MR) is 125 cm³/mol. The number of anilines is 1. The second-order valence-electron chi connectivity index (χ2n) is 7.54. The van der Waals surface area contributed by atoms with Crippen molar-refractivity contribution in [1.29, 1.82) is 0 Å². The van der Waals surface area contributed by atoms with Gasteiger partial charge in [0.15, 0.2) is 11.5 Å². The summed E-state index contributed by atoms with van der Waals surface area (Å²) in [4.78, 5) is 27.2. The van der Waals surface area contributed by atoms with Crippen LogP contribution >= 0.6 is 0 Å². The Bertz CT molecular complexity index is 1530. The number of benzene rings is 2. The van der Waals surface area contributed by atoms with Gasteiger partial charge in [-0.15, -0.1) is 10.2 Å². The van der Waals surface area contributed by atoms with Gasteiger partial charge in [-0.05, 0) is 55.5 Å². The lowest BCUT2D eigenvalue weighted by atomic mass is 10.1. The van der Waals surface area contributed by atoms with E-state index in [1.165, 1.54) is 18.2 Å². The van der Waals surface area contributed by atoms with Crippen LogP contribution in [0.25, 0.3) is 28.3 Å². The highest BCUT2D eigenvalue weighted by atomic mass is 16.6. The summed E-state index contributed by atoms with van der Waals surface area (Å²) in [5.41, 5.74) is 4.31. The zero-order valence-corrected chi connectivity index (χ0v) is 17.9. The van der Waals surface area contributed by atoms with Gasteiger partial charge in [0.25, 0.3) is 11.6 Å². The predicted octanol–water partition coefficient (Wildman–Crippen LogP) is 4.32. The fraction of sp³-hybridized carbons (Fsp3) is 0.0417. The Balaban J connectivity index is 1.37. The molecule has 5 rings (SSSR count). The van der Waals surface area contributed by atoms with Gasteiger partial charge in [0.2, 0.25) is 0 Å². The van der Waals surface area contributed by atoms with Crippen molar-refractivity contribution in [3.05, 3.63) is 100 Å². The highest BCUT2D eigenvalue weighted by Gasteiger charge is 2.14. The van der Waals surface area contributed by atoms with Crippen LogP contribution in [-0.4, -0.2) is 35.6 Å². The van der Waals surface area contributed by atoms with E-state index in [0.717, 1.165) is 11.1 Å². The topological polar surface area (TPSA) is 128 Å². The maximum Gasteiger partial charge on any atom is 0.272 e. The van der Waals surface area contributed by atoms with Crippen LogP contribution in [0.1, 0.15) is 15.9 Å². The number of aryl methyl sites for hydroxylation is 1. The fourth-order valence-corrected chi connectivity index (χ4v) is 3.55. The number of aromatic nitrogens is 5. The molecule has 0 fully saturated rings. The van der Waals surface area contributed by atoms with Gasteiger partial charge >= 0.3 is 0 Å². The van der Waals surface area contributed by atoms with Crippen molar-refractivity contribution in [2.75, 3.05) is 5.32 Å². The van der Waals surface area contributed by atoms with Crippen molar-refractivity contribution >= 4 is 22.9 Å². The third kappa shape index (κ3) is 3.95. The van der Waals surface area contributed by atoms with Crippen molar-refractivity contribution in [3.8, 4) is 22.6 Å². The van der Waals surface area contributed by atoms with Crippen molar-refractivity contribution in [2.24, 2.45) is 0 Å². The Morgan fingerprint density at radius 1 is 1.00 bits per heavy atom. The molecule has 1 N–H and O–H groups in total. The summed E-state index contributed by atoms with van der Waals surface area (Å²) in [5.74, 6) is 0.239. The molecule has 3 heterocycles. The molecule has 0 aliphatic rings. The number of pyridine rings is 1. The molecule has 3 aromatic heterocycles. The minimum Gasteiger partial charge on any atom is -0.322 e. The third-order valence-electron chi connectivity index (χ3n) is 5.28. The highest BCUT2D eigenvalue weighted by molar-refractivity contribution is 6.04. The van der Waals surface area contributed by atoms with Crippen LogP contribution < -0.4 is 5.32 Å². The zero-order valence-electron chi connectivity index (χ0n) is 17.9. The van der Waals surface area contributed by atoms with Crippen molar-refractivity contribution < 1.29 is 9.72 Å². The average Bonchev–Trinajstić information content (AvgIpc) is 3.28. The molecule has 5 aromatic rings. The molecular weight excluding hydrogens is 434 g/mol. The molecule has 34 heavy (non-hydrogen) atoms. The molecule has 0 aliphatic carbocycles. The molecule has 166 valence electrons. The SMILES string of the molecule is Cc1cc(C(=O)Nc2ccc(-c3ccc4nnc(-c5cccnc5)n4n3)cc2)ccc1[N+](=O)[O-]. The molecular formula is C24H17N7O3. The van der Waals surface area contributed by atoms with E-state index in [9.17, 15) is 14.9 Å². The molecule has 0 bridgehead atoms. The van der Waals surface area contributed by atoms with Gasteiger partial charge in [-0.25, -0.2) is 0 Å². The summed E-state index contributed by atoms with van der Waals surface area (Å²) < 4.78 is 1.67. The van der Waals surface area contributed by atoms with Crippen LogP contribution in [-0.2, 0) is 0 Å². The minimum atomic E-state index is -0.472. The zero-order chi connectivity index (χ0) is 23.7. The van der Waals surface area contributed by atoms with Gasteiger partial charge in [-0.2, -0.15) is 9.61 Å². The molecule has 0 saturated carbocycles. The van der Waals surface area contributed by atoms with Crippen LogP contribution in [0.2, 0.25) is 0 Å². The van der Waals surface area contributed by atoms with Crippen LogP contribution in [0.3, 0.4) is 0 Å². The van der Waals surface area contributed by atoms with E-state index in [0.29, 0.717) is 34.0 Å². The summed E-state index contributed by atoms with van der Waals surface area (Å²) in [5, 5.41) is 26.8. The Morgan fingerprint density at radius 3 is 2.53 bits per heavy atom. The van der Waals surface area contributed by atoms with Crippen LogP contribution in [0.15, 0.2) is 79.1 Å². The van der Waals surface area contributed by atoms with E-state index >= 15 is 0 Å². The van der Waals surface area contributed by atoms with E-state index in [4.69, 9.17) is 0 Å². The quantitative estimate of drug-likeness (QED) is 0.311. The lowest BCUT2D eigenvalue weighted by Crippen LogP contribution is -2.12. The normalized spacial score (nSPS) is 10.9. The van der Waals surface area contributed by atoms with Crippen molar-refractivity contribution in [2.45, 2.75) is 6.92 Å². The summed E-state index contributed by atoms with van der Waals surface area (Å²) >= 11 is 0. The van der Waals surface area contributed by atoms with Gasteiger partial charge in [-0.1, -0.05) is 12.1 Å². The van der Waals surface area contributed by atoms with E-state index < -0.39 is 4.92 Å². The lowest BCUT2D eigenvalue weighted by Gasteiger charge is -2.08. The highest BCUT2D eigenvalue weighted by Crippen LogP contribution is 2.23. The van der Waals surface area contributed by atoms with E-state index in [1.54, 1.807) is 36.0 Å². The maximum absolute atomic E-state index is 12.6. The van der Waals surface area contributed by atoms with Gasteiger partial charge < -0.3 is 5.32 Å². The number of rotatable bonds is 5. The molecule has 0 spiro atoms. The molecule has 0 saturated heterocycles. The Morgan fingerprint density at radius 2 is 1.82 bits per heavy atom. The van der Waals surface area contributed by atoms with Gasteiger partial charge in [0, 0.05) is 46.4 Å². The first-order chi connectivity index (χ1) is 16.5. The maximum atomic E-state index is 12.6. The first kappa shape index (κ1) is 20.9. The number of nitro benzene ring substituents is 1. The standard InChI is InChI=1S/C24H17N7O3/c1-15-13-17(6-10-21(15)31(33)34)24(32)26-19-7-4-16(5-8-19)20-9-11-22-27-28-23(30(22)29-20)18-3-2-12-25-14-18/h2-14H,1H3,(H,26,32). The second kappa shape index (κ2) is 8.51. The first-order valence-corrected chi connectivity index (χ1v) is 10.3. The summed E-state index contributed by atoms with van der Waals surface area (Å²) in [6, 6.07) is 18.9. The smallest absolute Gasteiger partial charge is 0.272 e. The van der Waals surface area contributed by atoms with Crippen LogP contribution in [0, 0.1) is 17.0 Å². The summed E-state index contributed by atoms with van der Waals surface area (Å²) in [6.45, 7) is 1.60. The Hall–Kier alpha value is -4.99. The van der Waals surface area contributed by atoms with E-state index in [-0.39, 0.29) is 11.6 Å². The summed E-state index contributed by atoms with van der Waals surface area (Å²) in [6.07, 6.45) is 3.39. The molecule has 10 heteroatoms. The number of hydrogen-bond donors (Lipinski definition) is 1. The van der Waals surface area contributed by atoms with Crippen LogP contribution in [0.4, 0.5) is 11.4 Å². The van der Waals surface area contributed by atoms with E-state index in [1.807, 2.05) is 36.4 Å². The molecule has 0 unspecified atom stereocenters. The van der Waals surface area contributed by atoms with Gasteiger partial charge in [0.1, 0.15) is 0 Å². The molecule has 0 aliphatic heterocycles. The molecule has 0 radical (unpaired) electrons. The number of amides is 1. The average molecular weight is 451 g/mol. The van der Waals surface area contributed by atoms with Gasteiger partial charge in [0.05, 0.1) is 10.6 Å². The monoisotopic (exact) mass is 451 g/mol. The number of fused-ring (bicyclic) bond motifs is 1. The fourth-order valence-electron chi connectivity index (χ4n) is 3.55. The third-order valence-corrected chi connectivity index (χ3v) is 5.28. The van der Waals surface area contributed by atoms with Crippen molar-refractivity contribution in [3.63, 3.8) is 0 Å².